The van der Waals surface area contributed by atoms with Crippen molar-refractivity contribution in [3.8, 4) is 0 Å². The van der Waals surface area contributed by atoms with Gasteiger partial charge in [-0.2, -0.15) is 0 Å². The molecule has 90 valence electrons. The van der Waals surface area contributed by atoms with Crippen LogP contribution in [0.4, 0.5) is 0 Å². The zero-order valence-corrected chi connectivity index (χ0v) is 10.3. The highest BCUT2D eigenvalue weighted by Gasteiger charge is 2.40. The highest BCUT2D eigenvalue weighted by Crippen LogP contribution is 2.36. The van der Waals surface area contributed by atoms with E-state index in [4.69, 9.17) is 9.47 Å². The Morgan fingerprint density at radius 3 is 2.40 bits per heavy atom. The maximum Gasteiger partial charge on any atom is 0.0830 e. The van der Waals surface area contributed by atoms with E-state index < -0.39 is 0 Å². The van der Waals surface area contributed by atoms with Crippen LogP contribution in [0.25, 0.3) is 0 Å². The Bertz CT molecular complexity index is 167. The van der Waals surface area contributed by atoms with Crippen LogP contribution in [-0.2, 0) is 9.47 Å². The molecular formula is C12H25NO2. The summed E-state index contributed by atoms with van der Waals surface area (Å²) in [6.07, 6.45) is 7.24. The van der Waals surface area contributed by atoms with Gasteiger partial charge in [-0.25, -0.2) is 0 Å². The van der Waals surface area contributed by atoms with Crippen molar-refractivity contribution in [2.24, 2.45) is 0 Å². The van der Waals surface area contributed by atoms with Crippen molar-refractivity contribution in [1.29, 1.82) is 0 Å². The van der Waals surface area contributed by atoms with Crippen LogP contribution in [0, 0.1) is 0 Å². The van der Waals surface area contributed by atoms with E-state index in [0.717, 1.165) is 19.4 Å². The third-order valence-corrected chi connectivity index (χ3v) is 3.68. The van der Waals surface area contributed by atoms with Gasteiger partial charge < -0.3 is 14.8 Å². The van der Waals surface area contributed by atoms with Crippen LogP contribution in [0.2, 0.25) is 0 Å². The predicted molar refractivity (Wildman–Crippen MR) is 62.2 cm³/mol. The molecule has 3 nitrogen and oxygen atoms in total. The standard InChI is InChI=1S/C12H25NO2/c1-13-11(7-6-10-14-2)12(15-3)8-4-5-9-12/h11,13H,4-10H2,1-3H3. The molecular weight excluding hydrogens is 190 g/mol. The molecule has 0 aromatic heterocycles. The third kappa shape index (κ3) is 3.16. The van der Waals surface area contributed by atoms with Crippen LogP contribution in [0.3, 0.4) is 0 Å². The number of methoxy groups -OCH3 is 2. The van der Waals surface area contributed by atoms with Gasteiger partial charge in [0, 0.05) is 26.9 Å². The largest absolute Gasteiger partial charge is 0.385 e. The molecule has 0 aromatic carbocycles. The molecule has 1 rings (SSSR count). The molecule has 1 atom stereocenters. The smallest absolute Gasteiger partial charge is 0.0830 e. The van der Waals surface area contributed by atoms with E-state index in [2.05, 4.69) is 5.32 Å². The minimum absolute atomic E-state index is 0.0858. The Hall–Kier alpha value is -0.120. The van der Waals surface area contributed by atoms with Gasteiger partial charge in [0.25, 0.3) is 0 Å². The second kappa shape index (κ2) is 6.46. The topological polar surface area (TPSA) is 30.5 Å². The van der Waals surface area contributed by atoms with Crippen LogP contribution in [0.15, 0.2) is 0 Å². The summed E-state index contributed by atoms with van der Waals surface area (Å²) in [4.78, 5) is 0. The lowest BCUT2D eigenvalue weighted by Crippen LogP contribution is -2.49. The fraction of sp³-hybridized carbons (Fsp3) is 1.00. The van der Waals surface area contributed by atoms with Gasteiger partial charge in [-0.1, -0.05) is 12.8 Å². The lowest BCUT2D eigenvalue weighted by Gasteiger charge is -2.36. The Kier molecular flexibility index (Phi) is 5.58. The van der Waals surface area contributed by atoms with E-state index in [1.54, 1.807) is 7.11 Å². The summed E-state index contributed by atoms with van der Waals surface area (Å²) in [5.74, 6) is 0. The molecule has 1 fully saturated rings. The molecule has 0 heterocycles. The van der Waals surface area contributed by atoms with E-state index in [0.29, 0.717) is 6.04 Å². The predicted octanol–water partition coefficient (Wildman–Crippen LogP) is 1.96. The van der Waals surface area contributed by atoms with Gasteiger partial charge in [0.1, 0.15) is 0 Å². The monoisotopic (exact) mass is 215 g/mol. The highest BCUT2D eigenvalue weighted by molar-refractivity contribution is 4.96. The molecule has 15 heavy (non-hydrogen) atoms. The van der Waals surface area contributed by atoms with E-state index in [-0.39, 0.29) is 5.60 Å². The van der Waals surface area contributed by atoms with Crippen molar-refractivity contribution in [2.45, 2.75) is 50.2 Å². The first-order chi connectivity index (χ1) is 7.29. The summed E-state index contributed by atoms with van der Waals surface area (Å²) in [5.41, 5.74) is 0.0858. The zero-order valence-electron chi connectivity index (χ0n) is 10.3. The van der Waals surface area contributed by atoms with E-state index in [9.17, 15) is 0 Å². The van der Waals surface area contributed by atoms with E-state index >= 15 is 0 Å². The van der Waals surface area contributed by atoms with Gasteiger partial charge in [-0.3, -0.25) is 0 Å². The molecule has 0 saturated heterocycles. The van der Waals surface area contributed by atoms with Gasteiger partial charge in [0.2, 0.25) is 0 Å². The second-order valence-corrected chi connectivity index (χ2v) is 4.45. The average Bonchev–Trinajstić information content (AvgIpc) is 2.74. The number of hydrogen-bond acceptors (Lipinski definition) is 3. The van der Waals surface area contributed by atoms with Gasteiger partial charge in [-0.05, 0) is 32.7 Å². The first-order valence-electron chi connectivity index (χ1n) is 6.00. The quantitative estimate of drug-likeness (QED) is 0.659. The van der Waals surface area contributed by atoms with Crippen LogP contribution in [-0.4, -0.2) is 39.5 Å². The van der Waals surface area contributed by atoms with Crippen LogP contribution >= 0.6 is 0 Å². The normalized spacial score (nSPS) is 21.8. The maximum atomic E-state index is 5.78. The number of rotatable bonds is 7. The number of nitrogens with one attached hydrogen (secondary N) is 1. The van der Waals surface area contributed by atoms with E-state index in [1.165, 1.54) is 25.7 Å². The molecule has 1 saturated carbocycles. The minimum atomic E-state index is 0.0858. The summed E-state index contributed by atoms with van der Waals surface area (Å²) in [5, 5.41) is 3.41. The molecule has 1 unspecified atom stereocenters. The molecule has 1 aliphatic rings. The van der Waals surface area contributed by atoms with Gasteiger partial charge in [-0.15, -0.1) is 0 Å². The molecule has 0 aromatic rings. The Labute approximate surface area is 93.5 Å². The van der Waals surface area contributed by atoms with Crippen molar-refractivity contribution >= 4 is 0 Å². The van der Waals surface area contributed by atoms with Crippen LogP contribution in [0.5, 0.6) is 0 Å². The minimum Gasteiger partial charge on any atom is -0.385 e. The lowest BCUT2D eigenvalue weighted by molar-refractivity contribution is -0.0374. The van der Waals surface area contributed by atoms with Crippen molar-refractivity contribution in [3.05, 3.63) is 0 Å². The maximum absolute atomic E-state index is 5.78. The fourth-order valence-corrected chi connectivity index (χ4v) is 2.77. The summed E-state index contributed by atoms with van der Waals surface area (Å²) in [6, 6.07) is 0.472. The Balaban J connectivity index is 2.46. The van der Waals surface area contributed by atoms with E-state index in [1.807, 2.05) is 14.2 Å². The summed E-state index contributed by atoms with van der Waals surface area (Å²) in [6.45, 7) is 0.845. The molecule has 1 aliphatic carbocycles. The average molecular weight is 215 g/mol. The molecule has 0 radical (unpaired) electrons. The number of likely N-dealkylation sites (N-methyl/N-ethyl adjacent to an activating group) is 1. The van der Waals surface area contributed by atoms with Crippen LogP contribution < -0.4 is 5.32 Å². The SMILES string of the molecule is CNC(CCCOC)C1(OC)CCCC1. The van der Waals surface area contributed by atoms with Crippen molar-refractivity contribution in [1.82, 2.24) is 5.32 Å². The molecule has 1 N–H and O–H groups in total. The number of hydrogen-bond donors (Lipinski definition) is 1. The zero-order chi connectivity index (χ0) is 11.1. The summed E-state index contributed by atoms with van der Waals surface area (Å²) in [7, 11) is 5.65. The fourth-order valence-electron chi connectivity index (χ4n) is 2.77. The highest BCUT2D eigenvalue weighted by atomic mass is 16.5. The van der Waals surface area contributed by atoms with Crippen molar-refractivity contribution in [3.63, 3.8) is 0 Å². The Morgan fingerprint density at radius 2 is 1.93 bits per heavy atom. The first-order valence-corrected chi connectivity index (χ1v) is 6.00. The molecule has 0 amide bonds. The molecule has 3 heteroatoms. The molecule has 0 bridgehead atoms. The van der Waals surface area contributed by atoms with Crippen molar-refractivity contribution < 1.29 is 9.47 Å². The molecule has 0 spiro atoms. The second-order valence-electron chi connectivity index (χ2n) is 4.45. The van der Waals surface area contributed by atoms with Gasteiger partial charge in [0.05, 0.1) is 5.60 Å². The van der Waals surface area contributed by atoms with Crippen molar-refractivity contribution in [2.75, 3.05) is 27.9 Å². The molecule has 0 aliphatic heterocycles. The Morgan fingerprint density at radius 1 is 1.27 bits per heavy atom. The number of ether oxygens (including phenoxy) is 2. The first kappa shape index (κ1) is 12.9. The van der Waals surface area contributed by atoms with Gasteiger partial charge in [0.15, 0.2) is 0 Å². The lowest BCUT2D eigenvalue weighted by atomic mass is 9.89. The summed E-state index contributed by atoms with van der Waals surface area (Å²) >= 11 is 0. The summed E-state index contributed by atoms with van der Waals surface area (Å²) < 4.78 is 10.9. The third-order valence-electron chi connectivity index (χ3n) is 3.68. The van der Waals surface area contributed by atoms with Crippen LogP contribution in [0.1, 0.15) is 38.5 Å². The van der Waals surface area contributed by atoms with Gasteiger partial charge >= 0.3 is 0 Å².